The van der Waals surface area contributed by atoms with Crippen molar-refractivity contribution in [2.24, 2.45) is 17.1 Å². The molecule has 1 aromatic carbocycles. The average Bonchev–Trinajstić information content (AvgIpc) is 2.37. The number of nitrogens with one attached hydrogen (secondary N) is 1. The van der Waals surface area contributed by atoms with E-state index in [9.17, 15) is 9.18 Å². The number of hydrogen-bond donors (Lipinski definition) is 2. The second-order valence-corrected chi connectivity index (χ2v) is 5.93. The van der Waals surface area contributed by atoms with Gasteiger partial charge in [-0.25, -0.2) is 4.39 Å². The van der Waals surface area contributed by atoms with Gasteiger partial charge in [-0.3, -0.25) is 4.79 Å². The summed E-state index contributed by atoms with van der Waals surface area (Å²) in [7, 11) is 0. The van der Waals surface area contributed by atoms with E-state index in [1.807, 2.05) is 6.92 Å². The molecule has 2 rings (SSSR count). The van der Waals surface area contributed by atoms with E-state index in [2.05, 4.69) is 5.32 Å². The molecular formula is C15H19FN2O2S. The number of nitrogens with two attached hydrogens (primary N) is 1. The number of benzene rings is 1. The van der Waals surface area contributed by atoms with Crippen molar-refractivity contribution < 1.29 is 13.9 Å². The lowest BCUT2D eigenvalue weighted by Crippen LogP contribution is -2.53. The van der Waals surface area contributed by atoms with Crippen molar-refractivity contribution in [2.45, 2.75) is 26.7 Å². The summed E-state index contributed by atoms with van der Waals surface area (Å²) in [5, 5.41) is 2.69. The highest BCUT2D eigenvalue weighted by molar-refractivity contribution is 7.80. The van der Waals surface area contributed by atoms with Gasteiger partial charge in [0.2, 0.25) is 5.91 Å². The lowest BCUT2D eigenvalue weighted by molar-refractivity contribution is -0.127. The van der Waals surface area contributed by atoms with Gasteiger partial charge in [0.1, 0.15) is 0 Å². The Hall–Kier alpha value is -1.69. The van der Waals surface area contributed by atoms with Gasteiger partial charge in [0, 0.05) is 11.8 Å². The van der Waals surface area contributed by atoms with Crippen molar-refractivity contribution in [3.8, 4) is 5.75 Å². The van der Waals surface area contributed by atoms with Crippen LogP contribution in [0.2, 0.25) is 0 Å². The molecule has 1 amide bonds. The number of carbonyl (C=O) groups excluding carboxylic acids is 1. The Morgan fingerprint density at radius 3 is 2.71 bits per heavy atom. The number of halogens is 1. The molecule has 4 nitrogen and oxygen atoms in total. The standard InChI is InChI=1S/C15H19FN2O2S/c1-3-20-12-5-4-10(6-11(12)16)18-14(19)15(13(17)21)7-9(2)8-15/h4-6,9H,3,7-8H2,1-2H3,(H2,17,21)(H,18,19). The smallest absolute Gasteiger partial charge is 0.237 e. The number of hydrogen-bond acceptors (Lipinski definition) is 3. The lowest BCUT2D eigenvalue weighted by Gasteiger charge is -2.44. The maximum absolute atomic E-state index is 13.8. The van der Waals surface area contributed by atoms with E-state index < -0.39 is 11.2 Å². The van der Waals surface area contributed by atoms with Crippen LogP contribution in [0.15, 0.2) is 18.2 Å². The van der Waals surface area contributed by atoms with Crippen LogP contribution in [0, 0.1) is 17.2 Å². The van der Waals surface area contributed by atoms with Crippen LogP contribution in [0.25, 0.3) is 0 Å². The summed E-state index contributed by atoms with van der Waals surface area (Å²) in [6.45, 7) is 4.20. The zero-order valence-corrected chi connectivity index (χ0v) is 12.9. The van der Waals surface area contributed by atoms with E-state index in [0.717, 1.165) is 0 Å². The molecular weight excluding hydrogens is 291 g/mol. The Bertz CT molecular complexity index is 571. The largest absolute Gasteiger partial charge is 0.491 e. The Morgan fingerprint density at radius 2 is 2.24 bits per heavy atom. The molecule has 3 N–H and O–H groups in total. The predicted molar refractivity (Wildman–Crippen MR) is 83.8 cm³/mol. The normalized spacial score (nSPS) is 24.0. The van der Waals surface area contributed by atoms with E-state index in [-0.39, 0.29) is 16.6 Å². The fourth-order valence-corrected chi connectivity index (χ4v) is 2.99. The Labute approximate surface area is 128 Å². The van der Waals surface area contributed by atoms with Crippen molar-refractivity contribution in [3.63, 3.8) is 0 Å². The molecule has 0 radical (unpaired) electrons. The van der Waals surface area contributed by atoms with Crippen LogP contribution in [-0.2, 0) is 4.79 Å². The Morgan fingerprint density at radius 1 is 1.57 bits per heavy atom. The molecule has 114 valence electrons. The topological polar surface area (TPSA) is 64.3 Å². The number of anilines is 1. The molecule has 0 unspecified atom stereocenters. The predicted octanol–water partition coefficient (Wildman–Crippen LogP) is 2.87. The molecule has 1 aliphatic carbocycles. The summed E-state index contributed by atoms with van der Waals surface area (Å²) in [4.78, 5) is 12.6. The zero-order valence-electron chi connectivity index (χ0n) is 12.1. The summed E-state index contributed by atoms with van der Waals surface area (Å²) < 4.78 is 18.9. The highest BCUT2D eigenvalue weighted by atomic mass is 32.1. The number of ether oxygens (including phenoxy) is 1. The van der Waals surface area contributed by atoms with Crippen LogP contribution >= 0.6 is 12.2 Å². The fourth-order valence-electron chi connectivity index (χ4n) is 2.73. The highest BCUT2D eigenvalue weighted by Crippen LogP contribution is 2.46. The van der Waals surface area contributed by atoms with Gasteiger partial charge < -0.3 is 15.8 Å². The van der Waals surface area contributed by atoms with Gasteiger partial charge in [-0.05, 0) is 37.8 Å². The van der Waals surface area contributed by atoms with Crippen molar-refractivity contribution >= 4 is 28.8 Å². The van der Waals surface area contributed by atoms with Gasteiger partial charge in [0.05, 0.1) is 17.0 Å². The molecule has 0 atom stereocenters. The first-order valence-corrected chi connectivity index (χ1v) is 7.33. The van der Waals surface area contributed by atoms with Gasteiger partial charge in [-0.15, -0.1) is 0 Å². The van der Waals surface area contributed by atoms with E-state index in [1.165, 1.54) is 12.1 Å². The van der Waals surface area contributed by atoms with Crippen molar-refractivity contribution in [3.05, 3.63) is 24.0 Å². The van der Waals surface area contributed by atoms with Crippen LogP contribution in [0.4, 0.5) is 10.1 Å². The fraction of sp³-hybridized carbons (Fsp3) is 0.467. The lowest BCUT2D eigenvalue weighted by atomic mass is 9.62. The monoisotopic (exact) mass is 310 g/mol. The van der Waals surface area contributed by atoms with Crippen molar-refractivity contribution in [2.75, 3.05) is 11.9 Å². The number of carbonyl (C=O) groups is 1. The zero-order chi connectivity index (χ0) is 15.6. The van der Waals surface area contributed by atoms with Crippen LogP contribution in [0.5, 0.6) is 5.75 Å². The SMILES string of the molecule is CCOc1ccc(NC(=O)C2(C(N)=S)CC(C)C2)cc1F. The van der Waals surface area contributed by atoms with Gasteiger partial charge >= 0.3 is 0 Å². The third-order valence-corrected chi connectivity index (χ3v) is 4.18. The molecule has 1 aliphatic rings. The Balaban J connectivity index is 2.12. The van der Waals surface area contributed by atoms with Gasteiger partial charge in [0.25, 0.3) is 0 Å². The molecule has 1 saturated carbocycles. The minimum absolute atomic E-state index is 0.164. The molecule has 0 aromatic heterocycles. The van der Waals surface area contributed by atoms with Gasteiger partial charge in [-0.2, -0.15) is 0 Å². The van der Waals surface area contributed by atoms with Gasteiger partial charge in [0.15, 0.2) is 11.6 Å². The molecule has 0 aliphatic heterocycles. The van der Waals surface area contributed by atoms with E-state index in [4.69, 9.17) is 22.7 Å². The summed E-state index contributed by atoms with van der Waals surface area (Å²) >= 11 is 5.03. The molecule has 0 spiro atoms. The first kappa shape index (κ1) is 15.7. The molecule has 0 saturated heterocycles. The molecule has 6 heteroatoms. The minimum atomic E-state index is -0.802. The Kier molecular flexibility index (Phi) is 4.46. The molecule has 0 bridgehead atoms. The summed E-state index contributed by atoms with van der Waals surface area (Å²) in [5.74, 6) is -0.205. The van der Waals surface area contributed by atoms with Crippen molar-refractivity contribution in [1.82, 2.24) is 0 Å². The van der Waals surface area contributed by atoms with E-state index in [1.54, 1.807) is 13.0 Å². The molecule has 21 heavy (non-hydrogen) atoms. The van der Waals surface area contributed by atoms with Gasteiger partial charge in [-0.1, -0.05) is 19.1 Å². The number of rotatable bonds is 5. The van der Waals surface area contributed by atoms with E-state index >= 15 is 0 Å². The quantitative estimate of drug-likeness (QED) is 0.821. The maximum atomic E-state index is 13.8. The second kappa shape index (κ2) is 5.97. The minimum Gasteiger partial charge on any atom is -0.491 e. The van der Waals surface area contributed by atoms with Crippen molar-refractivity contribution in [1.29, 1.82) is 0 Å². The van der Waals surface area contributed by atoms with Crippen LogP contribution < -0.4 is 15.8 Å². The van der Waals surface area contributed by atoms with E-state index in [0.29, 0.717) is 31.1 Å². The van der Waals surface area contributed by atoms with Crippen LogP contribution in [0.1, 0.15) is 26.7 Å². The summed E-state index contributed by atoms with van der Waals surface area (Å²) in [5.41, 5.74) is 5.29. The number of thiocarbonyl (C=S) groups is 1. The molecule has 1 aromatic rings. The maximum Gasteiger partial charge on any atom is 0.237 e. The first-order chi connectivity index (χ1) is 9.89. The highest BCUT2D eigenvalue weighted by Gasteiger charge is 2.50. The third-order valence-electron chi connectivity index (χ3n) is 3.79. The van der Waals surface area contributed by atoms with Crippen LogP contribution in [0.3, 0.4) is 0 Å². The number of amides is 1. The molecule has 1 fully saturated rings. The molecule has 0 heterocycles. The second-order valence-electron chi connectivity index (χ2n) is 5.49. The average molecular weight is 310 g/mol. The van der Waals surface area contributed by atoms with Crippen LogP contribution in [-0.4, -0.2) is 17.5 Å². The summed E-state index contributed by atoms with van der Waals surface area (Å²) in [6.07, 6.45) is 1.27. The summed E-state index contributed by atoms with van der Waals surface area (Å²) in [6, 6.07) is 4.32. The first-order valence-electron chi connectivity index (χ1n) is 6.92. The third kappa shape index (κ3) is 3.00.